The van der Waals surface area contributed by atoms with Crippen molar-refractivity contribution >= 4 is 28.2 Å². The topological polar surface area (TPSA) is 42.7 Å². The maximum Gasteiger partial charge on any atom is 0.165 e. The summed E-state index contributed by atoms with van der Waals surface area (Å²) in [5.74, 6) is 0.824. The Bertz CT molecular complexity index is 870. The van der Waals surface area contributed by atoms with Gasteiger partial charge in [0.1, 0.15) is 12.0 Å². The predicted molar refractivity (Wildman–Crippen MR) is 89.8 cm³/mol. The van der Waals surface area contributed by atoms with Crippen molar-refractivity contribution in [3.63, 3.8) is 0 Å². The fourth-order valence-electron chi connectivity index (χ4n) is 3.45. The highest BCUT2D eigenvalue weighted by Gasteiger charge is 2.37. The molecule has 0 spiro atoms. The number of fused-ring (bicyclic) bond motifs is 5. The first kappa shape index (κ1) is 13.6. The number of hydrogen-bond acceptors (Lipinski definition) is 3. The van der Waals surface area contributed by atoms with Crippen LogP contribution in [0, 0.1) is 0 Å². The first-order valence-corrected chi connectivity index (χ1v) is 7.92. The molecule has 1 unspecified atom stereocenters. The second-order valence-corrected chi connectivity index (χ2v) is 6.35. The molecule has 0 aliphatic carbocycles. The molecule has 112 valence electrons. The van der Waals surface area contributed by atoms with E-state index in [1.807, 2.05) is 0 Å². The van der Waals surface area contributed by atoms with Crippen molar-refractivity contribution in [3.8, 4) is 5.82 Å². The van der Waals surface area contributed by atoms with E-state index in [1.54, 1.807) is 0 Å². The Kier molecular flexibility index (Phi) is 2.91. The fourth-order valence-corrected chi connectivity index (χ4v) is 3.63. The number of nitrogens with zero attached hydrogens (tertiary/aromatic N) is 3. The van der Waals surface area contributed by atoms with Gasteiger partial charge in [-0.2, -0.15) is 0 Å². The number of nitrogens with one attached hydrogen (secondary N) is 1. The highest BCUT2D eigenvalue weighted by molar-refractivity contribution is 6.32. The number of para-hydroxylation sites is 1. The van der Waals surface area contributed by atoms with Crippen molar-refractivity contribution in [2.45, 2.75) is 32.2 Å². The SMILES string of the molecule is CCCC1(C)Nc2c(Cl)ncnc2-n2c1cc1ccccc12. The molecule has 0 bridgehead atoms. The van der Waals surface area contributed by atoms with Gasteiger partial charge in [0.15, 0.2) is 11.0 Å². The molecule has 1 N–H and O–H groups in total. The van der Waals surface area contributed by atoms with Crippen LogP contribution in [0.3, 0.4) is 0 Å². The maximum atomic E-state index is 6.33. The van der Waals surface area contributed by atoms with Crippen LogP contribution < -0.4 is 5.32 Å². The van der Waals surface area contributed by atoms with Gasteiger partial charge in [-0.3, -0.25) is 4.57 Å². The molecule has 4 nitrogen and oxygen atoms in total. The molecular formula is C17H17ClN4. The minimum Gasteiger partial charge on any atom is -0.369 e. The Labute approximate surface area is 134 Å². The van der Waals surface area contributed by atoms with E-state index in [0.29, 0.717) is 5.15 Å². The highest BCUT2D eigenvalue weighted by atomic mass is 35.5. The van der Waals surface area contributed by atoms with Gasteiger partial charge < -0.3 is 5.32 Å². The Morgan fingerprint density at radius 3 is 2.91 bits per heavy atom. The van der Waals surface area contributed by atoms with E-state index >= 15 is 0 Å². The van der Waals surface area contributed by atoms with Gasteiger partial charge in [-0.15, -0.1) is 0 Å². The van der Waals surface area contributed by atoms with Gasteiger partial charge in [-0.1, -0.05) is 43.1 Å². The Hall–Kier alpha value is -2.07. The van der Waals surface area contributed by atoms with Crippen LogP contribution in [0.5, 0.6) is 0 Å². The minimum absolute atomic E-state index is 0.185. The van der Waals surface area contributed by atoms with Crippen LogP contribution in [-0.4, -0.2) is 14.5 Å². The Morgan fingerprint density at radius 1 is 1.27 bits per heavy atom. The average Bonchev–Trinajstić information content (AvgIpc) is 2.90. The third kappa shape index (κ3) is 1.77. The van der Waals surface area contributed by atoms with Gasteiger partial charge in [0, 0.05) is 5.39 Å². The van der Waals surface area contributed by atoms with E-state index in [1.165, 1.54) is 17.4 Å². The van der Waals surface area contributed by atoms with Crippen LogP contribution in [0.15, 0.2) is 36.7 Å². The van der Waals surface area contributed by atoms with Crippen LogP contribution in [0.1, 0.15) is 32.4 Å². The summed E-state index contributed by atoms with van der Waals surface area (Å²) in [5.41, 5.74) is 3.00. The molecular weight excluding hydrogens is 296 g/mol. The lowest BCUT2D eigenvalue weighted by atomic mass is 9.90. The van der Waals surface area contributed by atoms with Crippen LogP contribution in [-0.2, 0) is 5.54 Å². The second-order valence-electron chi connectivity index (χ2n) is 5.99. The molecule has 1 atom stereocenters. The van der Waals surface area contributed by atoms with Gasteiger partial charge in [0.2, 0.25) is 0 Å². The Morgan fingerprint density at radius 2 is 2.09 bits per heavy atom. The molecule has 2 aromatic heterocycles. The van der Waals surface area contributed by atoms with E-state index in [4.69, 9.17) is 11.6 Å². The van der Waals surface area contributed by atoms with Crippen molar-refractivity contribution in [1.29, 1.82) is 0 Å². The molecule has 1 aliphatic heterocycles. The number of halogens is 1. The smallest absolute Gasteiger partial charge is 0.165 e. The number of rotatable bonds is 2. The van der Waals surface area contributed by atoms with Crippen molar-refractivity contribution in [2.75, 3.05) is 5.32 Å². The summed E-state index contributed by atoms with van der Waals surface area (Å²) in [5, 5.41) is 5.26. The van der Waals surface area contributed by atoms with Gasteiger partial charge in [-0.25, -0.2) is 9.97 Å². The molecule has 3 heterocycles. The summed E-state index contributed by atoms with van der Waals surface area (Å²) >= 11 is 6.33. The maximum absolute atomic E-state index is 6.33. The minimum atomic E-state index is -0.185. The standard InChI is InChI=1S/C17H17ClN4/c1-3-8-17(2)13-9-11-6-4-5-7-12(11)22(13)16-14(21-17)15(18)19-10-20-16/h4-7,9-10,21H,3,8H2,1-2H3. The summed E-state index contributed by atoms with van der Waals surface area (Å²) in [6, 6.07) is 10.6. The van der Waals surface area contributed by atoms with Crippen molar-refractivity contribution in [1.82, 2.24) is 14.5 Å². The summed E-state index contributed by atoms with van der Waals surface area (Å²) in [6.07, 6.45) is 3.60. The van der Waals surface area contributed by atoms with Crippen molar-refractivity contribution < 1.29 is 0 Å². The van der Waals surface area contributed by atoms with Crippen LogP contribution in [0.25, 0.3) is 16.7 Å². The van der Waals surface area contributed by atoms with E-state index in [0.717, 1.165) is 29.9 Å². The molecule has 4 rings (SSSR count). The third-order valence-corrected chi connectivity index (χ3v) is 4.71. The Balaban J connectivity index is 2.11. The zero-order valence-corrected chi connectivity index (χ0v) is 13.4. The quantitative estimate of drug-likeness (QED) is 0.708. The molecule has 0 saturated carbocycles. The second kappa shape index (κ2) is 4.71. The van der Waals surface area contributed by atoms with E-state index in [2.05, 4.69) is 64.0 Å². The number of aromatic nitrogens is 3. The predicted octanol–water partition coefficient (Wildman–Crippen LogP) is 4.51. The normalized spacial score (nSPS) is 19.6. The summed E-state index contributed by atoms with van der Waals surface area (Å²) in [4.78, 5) is 8.61. The molecule has 1 aliphatic rings. The van der Waals surface area contributed by atoms with Crippen LogP contribution in [0.4, 0.5) is 5.69 Å². The lowest BCUT2D eigenvalue weighted by molar-refractivity contribution is 0.458. The lowest BCUT2D eigenvalue weighted by Gasteiger charge is -2.38. The summed E-state index contributed by atoms with van der Waals surface area (Å²) in [7, 11) is 0. The fraction of sp³-hybridized carbons (Fsp3) is 0.294. The largest absolute Gasteiger partial charge is 0.369 e. The van der Waals surface area contributed by atoms with Crippen molar-refractivity contribution in [3.05, 3.63) is 47.5 Å². The molecule has 3 aromatic rings. The first-order chi connectivity index (χ1) is 10.6. The number of benzene rings is 1. The van der Waals surface area contributed by atoms with Crippen molar-refractivity contribution in [2.24, 2.45) is 0 Å². The van der Waals surface area contributed by atoms with Gasteiger partial charge in [0.05, 0.1) is 16.7 Å². The lowest BCUT2D eigenvalue weighted by Crippen LogP contribution is -2.38. The molecule has 0 fully saturated rings. The third-order valence-electron chi connectivity index (χ3n) is 4.42. The molecule has 1 aromatic carbocycles. The number of hydrogen-bond donors (Lipinski definition) is 1. The van der Waals surface area contributed by atoms with E-state index < -0.39 is 0 Å². The molecule has 0 radical (unpaired) electrons. The van der Waals surface area contributed by atoms with E-state index in [9.17, 15) is 0 Å². The zero-order valence-electron chi connectivity index (χ0n) is 12.6. The summed E-state index contributed by atoms with van der Waals surface area (Å²) < 4.78 is 2.21. The zero-order chi connectivity index (χ0) is 15.3. The van der Waals surface area contributed by atoms with Crippen LogP contribution in [0.2, 0.25) is 5.15 Å². The van der Waals surface area contributed by atoms with E-state index in [-0.39, 0.29) is 5.54 Å². The van der Waals surface area contributed by atoms with Gasteiger partial charge in [0.25, 0.3) is 0 Å². The molecule has 5 heteroatoms. The molecule has 0 amide bonds. The summed E-state index contributed by atoms with van der Waals surface area (Å²) in [6.45, 7) is 4.41. The monoisotopic (exact) mass is 312 g/mol. The average molecular weight is 313 g/mol. The van der Waals surface area contributed by atoms with Gasteiger partial charge >= 0.3 is 0 Å². The number of anilines is 1. The molecule has 0 saturated heterocycles. The van der Waals surface area contributed by atoms with Crippen LogP contribution >= 0.6 is 11.6 Å². The molecule has 22 heavy (non-hydrogen) atoms. The van der Waals surface area contributed by atoms with Gasteiger partial charge in [-0.05, 0) is 25.5 Å². The first-order valence-electron chi connectivity index (χ1n) is 7.54. The highest BCUT2D eigenvalue weighted by Crippen LogP contribution is 2.43.